The Bertz CT molecular complexity index is 756. The molecule has 0 atom stereocenters. The minimum absolute atomic E-state index is 0.105. The second-order valence-corrected chi connectivity index (χ2v) is 7.30. The topological polar surface area (TPSA) is 78.0 Å². The molecule has 1 aromatic heterocycles. The lowest BCUT2D eigenvalue weighted by molar-refractivity contribution is 0.571. The molecule has 2 aromatic rings. The first-order valence-corrected chi connectivity index (χ1v) is 7.65. The summed E-state index contributed by atoms with van der Waals surface area (Å²) in [7, 11) is -3.57. The normalized spacial score (nSPS) is 12.1. The molecule has 0 aliphatic rings. The molecule has 1 heterocycles. The summed E-state index contributed by atoms with van der Waals surface area (Å²) in [6.07, 6.45) is 2.52. The van der Waals surface area contributed by atoms with Gasteiger partial charge in [0.05, 0.1) is 28.4 Å². The number of halogens is 2. The van der Waals surface area contributed by atoms with Crippen LogP contribution in [0.2, 0.25) is 5.02 Å². The van der Waals surface area contributed by atoms with Crippen LogP contribution in [0.3, 0.4) is 0 Å². The maximum Gasteiger partial charge on any atom is 0.256 e. The van der Waals surface area contributed by atoms with Gasteiger partial charge < -0.3 is 5.73 Å². The van der Waals surface area contributed by atoms with Crippen molar-refractivity contribution >= 4 is 27.3 Å². The van der Waals surface area contributed by atoms with Crippen LogP contribution >= 0.6 is 11.6 Å². The van der Waals surface area contributed by atoms with Crippen LogP contribution < -0.4 is 5.73 Å². The van der Waals surface area contributed by atoms with E-state index in [0.29, 0.717) is 5.56 Å². The van der Waals surface area contributed by atoms with E-state index in [4.69, 9.17) is 17.3 Å². The standard InChI is InChI=1S/C12H13ClFN3O2S/c1-7(2)20(18,19)17-6-8(5-16-17)9-3-12(15)10(13)4-11(9)14/h3-7H,15H2,1-2H3. The fourth-order valence-corrected chi connectivity index (χ4v) is 2.61. The summed E-state index contributed by atoms with van der Waals surface area (Å²) in [6.45, 7) is 3.08. The van der Waals surface area contributed by atoms with E-state index in [0.717, 1.165) is 10.2 Å². The molecule has 2 rings (SSSR count). The highest BCUT2D eigenvalue weighted by molar-refractivity contribution is 7.90. The Kier molecular flexibility index (Phi) is 3.75. The smallest absolute Gasteiger partial charge is 0.256 e. The number of aromatic nitrogens is 2. The Morgan fingerprint density at radius 3 is 2.65 bits per heavy atom. The van der Waals surface area contributed by atoms with E-state index in [2.05, 4.69) is 5.10 Å². The molecule has 0 amide bonds. The van der Waals surface area contributed by atoms with Crippen LogP contribution in [0.5, 0.6) is 0 Å². The minimum atomic E-state index is -3.57. The molecule has 0 bridgehead atoms. The summed E-state index contributed by atoms with van der Waals surface area (Å²) in [4.78, 5) is 0. The number of anilines is 1. The zero-order valence-corrected chi connectivity index (χ0v) is 12.4. The molecule has 8 heteroatoms. The summed E-state index contributed by atoms with van der Waals surface area (Å²) in [5.74, 6) is -0.592. The van der Waals surface area contributed by atoms with Gasteiger partial charge in [-0.05, 0) is 26.0 Å². The second kappa shape index (κ2) is 5.06. The lowest BCUT2D eigenvalue weighted by Crippen LogP contribution is -2.22. The molecule has 5 nitrogen and oxygen atoms in total. The zero-order chi connectivity index (χ0) is 15.1. The maximum absolute atomic E-state index is 13.9. The van der Waals surface area contributed by atoms with Crippen molar-refractivity contribution in [1.82, 2.24) is 9.19 Å². The molecule has 0 saturated carbocycles. The van der Waals surface area contributed by atoms with E-state index in [9.17, 15) is 12.8 Å². The third-order valence-electron chi connectivity index (χ3n) is 2.81. The molecule has 1 aromatic carbocycles. The van der Waals surface area contributed by atoms with Gasteiger partial charge in [-0.3, -0.25) is 0 Å². The summed E-state index contributed by atoms with van der Waals surface area (Å²) in [5.41, 5.74) is 6.30. The third kappa shape index (κ3) is 2.51. The molecule has 108 valence electrons. The molecule has 0 spiro atoms. The predicted molar refractivity (Wildman–Crippen MR) is 76.5 cm³/mol. The average molecular weight is 318 g/mol. The number of rotatable bonds is 3. The number of benzene rings is 1. The first-order chi connectivity index (χ1) is 9.23. The Balaban J connectivity index is 2.52. The Morgan fingerprint density at radius 1 is 1.40 bits per heavy atom. The van der Waals surface area contributed by atoms with Crippen molar-refractivity contribution in [3.8, 4) is 11.1 Å². The Labute approximate surface area is 121 Å². The van der Waals surface area contributed by atoms with Crippen molar-refractivity contribution in [2.75, 3.05) is 5.73 Å². The van der Waals surface area contributed by atoms with E-state index in [1.807, 2.05) is 0 Å². The summed E-state index contributed by atoms with van der Waals surface area (Å²) >= 11 is 5.71. The molecular formula is C12H13ClFN3O2S. The maximum atomic E-state index is 13.9. The van der Waals surface area contributed by atoms with E-state index >= 15 is 0 Å². The van der Waals surface area contributed by atoms with Crippen LogP contribution in [0.4, 0.5) is 10.1 Å². The van der Waals surface area contributed by atoms with Gasteiger partial charge in [0.2, 0.25) is 0 Å². The van der Waals surface area contributed by atoms with Crippen molar-refractivity contribution in [2.45, 2.75) is 19.1 Å². The number of hydrogen-bond donors (Lipinski definition) is 1. The van der Waals surface area contributed by atoms with Crippen molar-refractivity contribution in [1.29, 1.82) is 0 Å². The lowest BCUT2D eigenvalue weighted by Gasteiger charge is -2.07. The fourth-order valence-electron chi connectivity index (χ4n) is 1.59. The van der Waals surface area contributed by atoms with E-state index in [1.165, 1.54) is 32.3 Å². The molecule has 0 aliphatic carbocycles. The highest BCUT2D eigenvalue weighted by Gasteiger charge is 2.20. The largest absolute Gasteiger partial charge is 0.398 e. The van der Waals surface area contributed by atoms with Gasteiger partial charge in [0.15, 0.2) is 0 Å². The fraction of sp³-hybridized carbons (Fsp3) is 0.250. The van der Waals surface area contributed by atoms with Gasteiger partial charge in [-0.2, -0.15) is 9.19 Å². The SMILES string of the molecule is CC(C)S(=O)(=O)n1cc(-c2cc(N)c(Cl)cc2F)cn1. The molecule has 0 radical (unpaired) electrons. The molecule has 0 fully saturated rings. The summed E-state index contributed by atoms with van der Waals surface area (Å²) < 4.78 is 38.6. The molecule has 0 unspecified atom stereocenters. The van der Waals surface area contributed by atoms with Crippen molar-refractivity contribution < 1.29 is 12.8 Å². The van der Waals surface area contributed by atoms with Crippen LogP contribution in [-0.4, -0.2) is 22.9 Å². The first-order valence-electron chi connectivity index (χ1n) is 5.77. The van der Waals surface area contributed by atoms with Gasteiger partial charge in [-0.15, -0.1) is 0 Å². The van der Waals surface area contributed by atoms with Gasteiger partial charge in [-0.25, -0.2) is 12.8 Å². The van der Waals surface area contributed by atoms with Crippen LogP contribution in [0.25, 0.3) is 11.1 Å². The monoisotopic (exact) mass is 317 g/mol. The summed E-state index contributed by atoms with van der Waals surface area (Å²) in [6, 6.07) is 2.43. The Morgan fingerprint density at radius 2 is 2.05 bits per heavy atom. The first kappa shape index (κ1) is 14.8. The highest BCUT2D eigenvalue weighted by atomic mass is 35.5. The lowest BCUT2D eigenvalue weighted by atomic mass is 10.1. The van der Waals surface area contributed by atoms with Gasteiger partial charge in [-0.1, -0.05) is 11.6 Å². The zero-order valence-electron chi connectivity index (χ0n) is 10.8. The number of nitrogen functional groups attached to an aromatic ring is 1. The van der Waals surface area contributed by atoms with E-state index in [-0.39, 0.29) is 16.3 Å². The van der Waals surface area contributed by atoms with Crippen molar-refractivity contribution in [2.24, 2.45) is 0 Å². The molecule has 20 heavy (non-hydrogen) atoms. The minimum Gasteiger partial charge on any atom is -0.398 e. The predicted octanol–water partition coefficient (Wildman–Crippen LogP) is 2.51. The number of nitrogens with zero attached hydrogens (tertiary/aromatic N) is 2. The number of hydrogen-bond acceptors (Lipinski definition) is 4. The molecule has 2 N–H and O–H groups in total. The summed E-state index contributed by atoms with van der Waals surface area (Å²) in [5, 5.41) is 3.24. The van der Waals surface area contributed by atoms with Crippen LogP contribution in [-0.2, 0) is 10.0 Å². The van der Waals surface area contributed by atoms with Crippen molar-refractivity contribution in [3.05, 3.63) is 35.4 Å². The Hall–Kier alpha value is -1.60. The highest BCUT2D eigenvalue weighted by Crippen LogP contribution is 2.30. The van der Waals surface area contributed by atoms with Gasteiger partial charge in [0.25, 0.3) is 10.0 Å². The third-order valence-corrected chi connectivity index (χ3v) is 5.05. The van der Waals surface area contributed by atoms with Crippen LogP contribution in [0.15, 0.2) is 24.5 Å². The van der Waals surface area contributed by atoms with Gasteiger partial charge >= 0.3 is 0 Å². The molecule has 0 aliphatic heterocycles. The van der Waals surface area contributed by atoms with E-state index < -0.39 is 21.1 Å². The van der Waals surface area contributed by atoms with Crippen LogP contribution in [0, 0.1) is 5.82 Å². The number of nitrogens with two attached hydrogens (primary N) is 1. The second-order valence-electron chi connectivity index (χ2n) is 4.55. The molecule has 0 saturated heterocycles. The van der Waals surface area contributed by atoms with Crippen molar-refractivity contribution in [3.63, 3.8) is 0 Å². The van der Waals surface area contributed by atoms with Crippen LogP contribution in [0.1, 0.15) is 13.8 Å². The van der Waals surface area contributed by atoms with E-state index in [1.54, 1.807) is 0 Å². The quantitative estimate of drug-likeness (QED) is 0.882. The van der Waals surface area contributed by atoms with Gasteiger partial charge in [0, 0.05) is 11.1 Å². The molecular weight excluding hydrogens is 305 g/mol. The average Bonchev–Trinajstić information content (AvgIpc) is 2.83. The van der Waals surface area contributed by atoms with Gasteiger partial charge in [0.1, 0.15) is 5.82 Å².